The number of hydrogen-bond acceptors (Lipinski definition) is 6. The molecule has 4 N–H and O–H groups in total. The molecule has 0 bridgehead atoms. The van der Waals surface area contributed by atoms with Crippen LogP contribution in [0.25, 0.3) is 0 Å². The maximum atomic E-state index is 13.7. The highest BCUT2D eigenvalue weighted by atomic mass is 35.5. The number of nitrogens with one attached hydrogen (secondary N) is 2. The smallest absolute Gasteiger partial charge is 0.226 e. The van der Waals surface area contributed by atoms with Crippen molar-refractivity contribution in [3.8, 4) is 0 Å². The van der Waals surface area contributed by atoms with Crippen LogP contribution in [0.4, 0.5) is 16.0 Å². The third kappa shape index (κ3) is 2.88. The van der Waals surface area contributed by atoms with E-state index < -0.39 is 5.82 Å². The molecule has 0 fully saturated rings. The lowest BCUT2D eigenvalue weighted by Gasteiger charge is -2.08. The summed E-state index contributed by atoms with van der Waals surface area (Å²) in [5.74, 6) is 4.30. The maximum Gasteiger partial charge on any atom is 0.226 e. The zero-order valence-corrected chi connectivity index (χ0v) is 10.0. The number of anilines is 2. The molecule has 2 rings (SSSR count). The summed E-state index contributed by atoms with van der Waals surface area (Å²) in [6.45, 7) is 0.480. The number of nitrogen functional groups attached to an aromatic ring is 1. The number of nitrogens with zero attached hydrogens (tertiary/aromatic N) is 2. The monoisotopic (exact) mass is 271 g/mol. The van der Waals surface area contributed by atoms with Crippen LogP contribution in [-0.2, 0) is 6.42 Å². The molecule has 6 nitrogen and oxygen atoms in total. The van der Waals surface area contributed by atoms with Gasteiger partial charge in [-0.15, -0.1) is 0 Å². The van der Waals surface area contributed by atoms with Gasteiger partial charge in [0, 0.05) is 6.54 Å². The molecule has 0 saturated heterocycles. The second-order valence-electron chi connectivity index (χ2n) is 3.46. The molecule has 0 aliphatic heterocycles. The molecular weight excluding hydrogens is 261 g/mol. The van der Waals surface area contributed by atoms with Crippen LogP contribution in [0.1, 0.15) is 5.56 Å². The molecule has 0 aromatic carbocycles. The quantitative estimate of drug-likeness (QED) is 0.437. The molecular formula is C10H11ClFN5O. The van der Waals surface area contributed by atoms with E-state index in [-0.39, 0.29) is 16.9 Å². The van der Waals surface area contributed by atoms with Crippen molar-refractivity contribution in [3.63, 3.8) is 0 Å². The number of halogens is 2. The SMILES string of the molecule is NNc1nc(Cl)nc(NCCc2ccoc2)c1F. The lowest BCUT2D eigenvalue weighted by Crippen LogP contribution is -2.14. The molecule has 0 atom stereocenters. The van der Waals surface area contributed by atoms with Gasteiger partial charge in [-0.3, -0.25) is 0 Å². The van der Waals surface area contributed by atoms with Crippen molar-refractivity contribution in [2.45, 2.75) is 6.42 Å². The normalized spacial score (nSPS) is 10.4. The first kappa shape index (κ1) is 12.6. The largest absolute Gasteiger partial charge is 0.472 e. The number of hydrazine groups is 1. The van der Waals surface area contributed by atoms with E-state index in [2.05, 4.69) is 20.7 Å². The van der Waals surface area contributed by atoms with Gasteiger partial charge in [-0.25, -0.2) is 5.84 Å². The molecule has 18 heavy (non-hydrogen) atoms. The van der Waals surface area contributed by atoms with E-state index in [0.717, 1.165) is 5.56 Å². The zero-order chi connectivity index (χ0) is 13.0. The number of hydrogen-bond donors (Lipinski definition) is 3. The second-order valence-corrected chi connectivity index (χ2v) is 3.79. The van der Waals surface area contributed by atoms with Gasteiger partial charge < -0.3 is 15.2 Å². The van der Waals surface area contributed by atoms with E-state index in [9.17, 15) is 4.39 Å². The molecule has 2 heterocycles. The van der Waals surface area contributed by atoms with Gasteiger partial charge in [0.05, 0.1) is 12.5 Å². The molecule has 0 unspecified atom stereocenters. The third-order valence-electron chi connectivity index (χ3n) is 2.25. The summed E-state index contributed by atoms with van der Waals surface area (Å²) in [6, 6.07) is 1.83. The van der Waals surface area contributed by atoms with E-state index in [0.29, 0.717) is 13.0 Å². The van der Waals surface area contributed by atoms with Crippen molar-refractivity contribution in [1.29, 1.82) is 0 Å². The van der Waals surface area contributed by atoms with Crippen LogP contribution in [0.5, 0.6) is 0 Å². The Kier molecular flexibility index (Phi) is 3.96. The second kappa shape index (κ2) is 5.65. The minimum atomic E-state index is -0.672. The van der Waals surface area contributed by atoms with Gasteiger partial charge in [-0.2, -0.15) is 14.4 Å². The highest BCUT2D eigenvalue weighted by Gasteiger charge is 2.12. The zero-order valence-electron chi connectivity index (χ0n) is 9.28. The number of rotatable bonds is 5. The van der Waals surface area contributed by atoms with Crippen LogP contribution in [-0.4, -0.2) is 16.5 Å². The first-order valence-corrected chi connectivity index (χ1v) is 5.53. The lowest BCUT2D eigenvalue weighted by molar-refractivity contribution is 0.564. The summed E-state index contributed by atoms with van der Waals surface area (Å²) in [7, 11) is 0. The summed E-state index contributed by atoms with van der Waals surface area (Å²) in [5.41, 5.74) is 3.12. The van der Waals surface area contributed by atoms with E-state index in [1.54, 1.807) is 12.5 Å². The van der Waals surface area contributed by atoms with Crippen LogP contribution in [0.2, 0.25) is 5.28 Å². The van der Waals surface area contributed by atoms with Gasteiger partial charge in [0.1, 0.15) is 0 Å². The van der Waals surface area contributed by atoms with Crippen molar-refractivity contribution >= 4 is 23.2 Å². The van der Waals surface area contributed by atoms with Gasteiger partial charge >= 0.3 is 0 Å². The van der Waals surface area contributed by atoms with E-state index in [4.69, 9.17) is 21.9 Å². The molecule has 0 spiro atoms. The topological polar surface area (TPSA) is 89.0 Å². The van der Waals surface area contributed by atoms with Crippen molar-refractivity contribution in [2.24, 2.45) is 5.84 Å². The molecule has 2 aromatic heterocycles. The van der Waals surface area contributed by atoms with Gasteiger partial charge in [-0.1, -0.05) is 0 Å². The Morgan fingerprint density at radius 3 is 2.83 bits per heavy atom. The van der Waals surface area contributed by atoms with E-state index >= 15 is 0 Å². The first-order valence-electron chi connectivity index (χ1n) is 5.15. The fraction of sp³-hybridized carbons (Fsp3) is 0.200. The Morgan fingerprint density at radius 1 is 1.39 bits per heavy atom. The summed E-state index contributed by atoms with van der Waals surface area (Å²) < 4.78 is 18.6. The predicted octanol–water partition coefficient (Wildman–Crippen LogP) is 1.80. The van der Waals surface area contributed by atoms with Crippen LogP contribution in [0.3, 0.4) is 0 Å². The number of nitrogens with two attached hydrogens (primary N) is 1. The summed E-state index contributed by atoms with van der Waals surface area (Å²) in [6.07, 6.45) is 3.87. The predicted molar refractivity (Wildman–Crippen MR) is 65.7 cm³/mol. The minimum Gasteiger partial charge on any atom is -0.472 e. The molecule has 0 aliphatic rings. The highest BCUT2D eigenvalue weighted by molar-refractivity contribution is 6.28. The first-order chi connectivity index (χ1) is 8.70. The van der Waals surface area contributed by atoms with Crippen molar-refractivity contribution in [2.75, 3.05) is 17.3 Å². The average molecular weight is 272 g/mol. The van der Waals surface area contributed by atoms with E-state index in [1.165, 1.54) is 0 Å². The van der Waals surface area contributed by atoms with Crippen LogP contribution in [0, 0.1) is 5.82 Å². The summed E-state index contributed by atoms with van der Waals surface area (Å²) in [5, 5.41) is 2.73. The van der Waals surface area contributed by atoms with Crippen LogP contribution < -0.4 is 16.6 Å². The molecule has 0 aliphatic carbocycles. The van der Waals surface area contributed by atoms with Crippen LogP contribution >= 0.6 is 11.6 Å². The van der Waals surface area contributed by atoms with E-state index in [1.807, 2.05) is 6.07 Å². The number of aromatic nitrogens is 2. The van der Waals surface area contributed by atoms with Crippen molar-refractivity contribution in [1.82, 2.24) is 9.97 Å². The number of furan rings is 1. The van der Waals surface area contributed by atoms with Gasteiger partial charge in [0.25, 0.3) is 0 Å². The third-order valence-corrected chi connectivity index (χ3v) is 2.42. The average Bonchev–Trinajstić information content (AvgIpc) is 2.86. The fourth-order valence-electron chi connectivity index (χ4n) is 1.39. The molecule has 0 radical (unpaired) electrons. The molecule has 0 saturated carbocycles. The van der Waals surface area contributed by atoms with Crippen molar-refractivity contribution < 1.29 is 8.81 Å². The lowest BCUT2D eigenvalue weighted by atomic mass is 10.2. The Bertz CT molecular complexity index is 519. The van der Waals surface area contributed by atoms with Gasteiger partial charge in [-0.05, 0) is 29.7 Å². The van der Waals surface area contributed by atoms with Crippen LogP contribution in [0.15, 0.2) is 23.0 Å². The van der Waals surface area contributed by atoms with Gasteiger partial charge in [0.2, 0.25) is 11.1 Å². The fourth-order valence-corrected chi connectivity index (χ4v) is 1.56. The Morgan fingerprint density at radius 2 is 2.17 bits per heavy atom. The highest BCUT2D eigenvalue weighted by Crippen LogP contribution is 2.20. The summed E-state index contributed by atoms with van der Waals surface area (Å²) in [4.78, 5) is 7.35. The van der Waals surface area contributed by atoms with Crippen molar-refractivity contribution in [3.05, 3.63) is 35.3 Å². The molecule has 2 aromatic rings. The Hall–Kier alpha value is -1.86. The molecule has 96 valence electrons. The molecule has 8 heteroatoms. The maximum absolute atomic E-state index is 13.7. The Labute approximate surface area is 107 Å². The summed E-state index contributed by atoms with van der Waals surface area (Å²) >= 11 is 5.64. The standard InChI is InChI=1S/C10H11ClFN5O/c11-10-15-8(7(12)9(16-10)17-13)14-3-1-6-2-4-18-5-6/h2,4-5H,1,3,13H2,(H2,14,15,16,17). The minimum absolute atomic E-state index is 0.00597. The van der Waals surface area contributed by atoms with Gasteiger partial charge in [0.15, 0.2) is 11.6 Å². The molecule has 0 amide bonds. The Balaban J connectivity index is 2.02.